The smallest absolute Gasteiger partial charge is 0.337 e. The van der Waals surface area contributed by atoms with Gasteiger partial charge in [0.2, 0.25) is 5.91 Å². The van der Waals surface area contributed by atoms with E-state index in [4.69, 9.17) is 0 Å². The first-order chi connectivity index (χ1) is 9.52. The first kappa shape index (κ1) is 16.2. The second-order valence-electron chi connectivity index (χ2n) is 4.98. The normalized spacial score (nSPS) is 10.4. The van der Waals surface area contributed by atoms with E-state index in [-0.39, 0.29) is 12.5 Å². The van der Waals surface area contributed by atoms with Gasteiger partial charge in [-0.3, -0.25) is 4.79 Å². The summed E-state index contributed by atoms with van der Waals surface area (Å²) in [7, 11) is 1.33. The van der Waals surface area contributed by atoms with Gasteiger partial charge in [0, 0.05) is 5.69 Å². The van der Waals surface area contributed by atoms with E-state index >= 15 is 0 Å². The molecule has 1 amide bonds. The van der Waals surface area contributed by atoms with Crippen molar-refractivity contribution in [2.24, 2.45) is 5.92 Å². The average molecular weight is 278 g/mol. The van der Waals surface area contributed by atoms with Crippen LogP contribution in [0.3, 0.4) is 0 Å². The van der Waals surface area contributed by atoms with E-state index in [1.54, 1.807) is 24.3 Å². The van der Waals surface area contributed by atoms with Gasteiger partial charge in [0.1, 0.15) is 0 Å². The van der Waals surface area contributed by atoms with Crippen LogP contribution < -0.4 is 10.6 Å². The molecule has 0 unspecified atom stereocenters. The topological polar surface area (TPSA) is 67.4 Å². The number of anilines is 1. The molecular formula is C15H22N2O3. The van der Waals surface area contributed by atoms with Gasteiger partial charge in [-0.05, 0) is 37.1 Å². The van der Waals surface area contributed by atoms with Crippen LogP contribution in [0.1, 0.15) is 30.6 Å². The fourth-order valence-corrected chi connectivity index (χ4v) is 1.64. The molecule has 0 bridgehead atoms. The number of benzene rings is 1. The van der Waals surface area contributed by atoms with Crippen LogP contribution in [0.15, 0.2) is 24.3 Å². The zero-order valence-corrected chi connectivity index (χ0v) is 12.2. The SMILES string of the molecule is COC(=O)c1cccc(NC(=O)CNCCC(C)C)c1. The predicted octanol–water partition coefficient (Wildman–Crippen LogP) is 2.05. The maximum atomic E-state index is 11.7. The van der Waals surface area contributed by atoms with Crippen molar-refractivity contribution in [3.05, 3.63) is 29.8 Å². The Morgan fingerprint density at radius 2 is 2.05 bits per heavy atom. The Hall–Kier alpha value is -1.88. The summed E-state index contributed by atoms with van der Waals surface area (Å²) in [5.74, 6) is 0.0641. The maximum absolute atomic E-state index is 11.7. The van der Waals surface area contributed by atoms with Gasteiger partial charge < -0.3 is 15.4 Å². The molecule has 1 rings (SSSR count). The van der Waals surface area contributed by atoms with Crippen molar-refractivity contribution in [3.63, 3.8) is 0 Å². The first-order valence-corrected chi connectivity index (χ1v) is 6.72. The zero-order chi connectivity index (χ0) is 15.0. The summed E-state index contributed by atoms with van der Waals surface area (Å²) in [4.78, 5) is 23.1. The van der Waals surface area contributed by atoms with Crippen LogP contribution in [0.5, 0.6) is 0 Å². The highest BCUT2D eigenvalue weighted by atomic mass is 16.5. The lowest BCUT2D eigenvalue weighted by Crippen LogP contribution is -2.29. The average Bonchev–Trinajstić information content (AvgIpc) is 2.43. The standard InChI is InChI=1S/C15H22N2O3/c1-11(2)7-8-16-10-14(18)17-13-6-4-5-12(9-13)15(19)20-3/h4-6,9,11,16H,7-8,10H2,1-3H3,(H,17,18). The molecule has 0 saturated heterocycles. The van der Waals surface area contributed by atoms with Crippen molar-refractivity contribution in [1.29, 1.82) is 0 Å². The van der Waals surface area contributed by atoms with Gasteiger partial charge in [0.05, 0.1) is 19.2 Å². The minimum Gasteiger partial charge on any atom is -0.465 e. The van der Waals surface area contributed by atoms with Gasteiger partial charge in [-0.2, -0.15) is 0 Å². The molecule has 1 aromatic carbocycles. The molecule has 0 atom stereocenters. The maximum Gasteiger partial charge on any atom is 0.337 e. The Kier molecular flexibility index (Phi) is 6.73. The van der Waals surface area contributed by atoms with E-state index in [1.165, 1.54) is 7.11 Å². The Labute approximate surface area is 119 Å². The first-order valence-electron chi connectivity index (χ1n) is 6.72. The van der Waals surface area contributed by atoms with E-state index in [2.05, 4.69) is 29.2 Å². The largest absolute Gasteiger partial charge is 0.465 e. The fourth-order valence-electron chi connectivity index (χ4n) is 1.64. The van der Waals surface area contributed by atoms with E-state index in [0.29, 0.717) is 17.2 Å². The van der Waals surface area contributed by atoms with E-state index in [0.717, 1.165) is 13.0 Å². The van der Waals surface area contributed by atoms with Crippen molar-refractivity contribution in [3.8, 4) is 0 Å². The number of esters is 1. The molecule has 0 aliphatic carbocycles. The number of amides is 1. The van der Waals surface area contributed by atoms with Gasteiger partial charge in [-0.25, -0.2) is 4.79 Å². The van der Waals surface area contributed by atoms with E-state index in [1.807, 2.05) is 0 Å². The second kappa shape index (κ2) is 8.32. The fraction of sp³-hybridized carbons (Fsp3) is 0.467. The lowest BCUT2D eigenvalue weighted by molar-refractivity contribution is -0.115. The molecule has 110 valence electrons. The Morgan fingerprint density at radius 1 is 1.30 bits per heavy atom. The molecule has 2 N–H and O–H groups in total. The Balaban J connectivity index is 2.43. The van der Waals surface area contributed by atoms with Crippen LogP contribution in [-0.4, -0.2) is 32.1 Å². The molecule has 0 heterocycles. The van der Waals surface area contributed by atoms with Gasteiger partial charge in [-0.1, -0.05) is 19.9 Å². The molecule has 0 fully saturated rings. The molecule has 1 aromatic rings. The van der Waals surface area contributed by atoms with Crippen LogP contribution in [-0.2, 0) is 9.53 Å². The van der Waals surface area contributed by atoms with Gasteiger partial charge in [0.25, 0.3) is 0 Å². The molecule has 0 aliphatic heterocycles. The third-order valence-corrected chi connectivity index (χ3v) is 2.75. The van der Waals surface area contributed by atoms with Crippen molar-refractivity contribution >= 4 is 17.6 Å². The number of hydrogen-bond acceptors (Lipinski definition) is 4. The van der Waals surface area contributed by atoms with Gasteiger partial charge in [-0.15, -0.1) is 0 Å². The molecular weight excluding hydrogens is 256 g/mol. The van der Waals surface area contributed by atoms with Gasteiger partial charge >= 0.3 is 5.97 Å². The molecule has 0 radical (unpaired) electrons. The van der Waals surface area contributed by atoms with E-state index in [9.17, 15) is 9.59 Å². The lowest BCUT2D eigenvalue weighted by Gasteiger charge is -2.08. The lowest BCUT2D eigenvalue weighted by atomic mass is 10.1. The number of carbonyl (C=O) groups excluding carboxylic acids is 2. The number of ether oxygens (including phenoxy) is 1. The predicted molar refractivity (Wildman–Crippen MR) is 78.7 cm³/mol. The summed E-state index contributed by atoms with van der Waals surface area (Å²) >= 11 is 0. The summed E-state index contributed by atoms with van der Waals surface area (Å²) in [5.41, 5.74) is 1.00. The summed E-state index contributed by atoms with van der Waals surface area (Å²) in [5, 5.41) is 5.82. The van der Waals surface area contributed by atoms with Crippen molar-refractivity contribution in [2.45, 2.75) is 20.3 Å². The van der Waals surface area contributed by atoms with Crippen molar-refractivity contribution < 1.29 is 14.3 Å². The highest BCUT2D eigenvalue weighted by molar-refractivity contribution is 5.95. The molecule has 5 nitrogen and oxygen atoms in total. The Morgan fingerprint density at radius 3 is 2.70 bits per heavy atom. The summed E-state index contributed by atoms with van der Waals surface area (Å²) < 4.78 is 4.63. The highest BCUT2D eigenvalue weighted by Gasteiger charge is 2.07. The molecule has 0 aliphatic rings. The number of rotatable bonds is 7. The molecule has 0 saturated carbocycles. The highest BCUT2D eigenvalue weighted by Crippen LogP contribution is 2.11. The van der Waals surface area contributed by atoms with Crippen LogP contribution >= 0.6 is 0 Å². The van der Waals surface area contributed by atoms with E-state index < -0.39 is 5.97 Å². The van der Waals surface area contributed by atoms with Gasteiger partial charge in [0.15, 0.2) is 0 Å². The minimum absolute atomic E-state index is 0.129. The second-order valence-corrected chi connectivity index (χ2v) is 4.98. The molecule has 5 heteroatoms. The third kappa shape index (κ3) is 5.84. The van der Waals surface area contributed by atoms with Crippen molar-refractivity contribution in [1.82, 2.24) is 5.32 Å². The minimum atomic E-state index is -0.420. The molecule has 0 aromatic heterocycles. The monoisotopic (exact) mass is 278 g/mol. The summed E-state index contributed by atoms with van der Waals surface area (Å²) in [6.07, 6.45) is 1.03. The van der Waals surface area contributed by atoms with Crippen LogP contribution in [0, 0.1) is 5.92 Å². The van der Waals surface area contributed by atoms with Crippen molar-refractivity contribution in [2.75, 3.05) is 25.5 Å². The quantitative estimate of drug-likeness (QED) is 0.591. The number of carbonyl (C=O) groups is 2. The van der Waals surface area contributed by atoms with Crippen LogP contribution in [0.4, 0.5) is 5.69 Å². The number of hydrogen-bond donors (Lipinski definition) is 2. The zero-order valence-electron chi connectivity index (χ0n) is 12.2. The number of nitrogens with one attached hydrogen (secondary N) is 2. The van der Waals surface area contributed by atoms with Crippen LogP contribution in [0.25, 0.3) is 0 Å². The number of methoxy groups -OCH3 is 1. The Bertz CT molecular complexity index is 458. The van der Waals surface area contributed by atoms with Crippen LogP contribution in [0.2, 0.25) is 0 Å². The third-order valence-electron chi connectivity index (χ3n) is 2.75. The summed E-state index contributed by atoms with van der Waals surface area (Å²) in [6.45, 7) is 5.35. The molecule has 0 spiro atoms. The summed E-state index contributed by atoms with van der Waals surface area (Å²) in [6, 6.07) is 6.67. The molecule has 20 heavy (non-hydrogen) atoms.